The Morgan fingerprint density at radius 3 is 2.62 bits per heavy atom. The van der Waals surface area contributed by atoms with Gasteiger partial charge in [0.15, 0.2) is 0 Å². The second-order valence-corrected chi connectivity index (χ2v) is 6.39. The molecule has 0 spiro atoms. The topological polar surface area (TPSA) is 38.5 Å². The minimum atomic E-state index is 0.0490. The predicted octanol–water partition coefficient (Wildman–Crippen LogP) is 3.28. The highest BCUT2D eigenvalue weighted by Crippen LogP contribution is 2.46. The zero-order valence-corrected chi connectivity index (χ0v) is 13.4. The van der Waals surface area contributed by atoms with Gasteiger partial charge in [-0.05, 0) is 31.5 Å². The molecule has 3 rings (SSSR count). The Kier molecular flexibility index (Phi) is 4.23. The van der Waals surface area contributed by atoms with Crippen molar-refractivity contribution >= 4 is 0 Å². The molecule has 0 radical (unpaired) electrons. The lowest BCUT2D eigenvalue weighted by Gasteiger charge is -2.45. The molecule has 0 saturated heterocycles. The second-order valence-electron chi connectivity index (χ2n) is 6.39. The molecule has 21 heavy (non-hydrogen) atoms. The summed E-state index contributed by atoms with van der Waals surface area (Å²) in [5, 5.41) is 0. The number of rotatable bonds is 5. The zero-order valence-electron chi connectivity index (χ0n) is 13.4. The lowest BCUT2D eigenvalue weighted by atomic mass is 9.81. The van der Waals surface area contributed by atoms with Crippen molar-refractivity contribution in [2.24, 2.45) is 5.73 Å². The first-order chi connectivity index (χ1) is 10.2. The van der Waals surface area contributed by atoms with E-state index in [9.17, 15) is 0 Å². The summed E-state index contributed by atoms with van der Waals surface area (Å²) in [5.74, 6) is 1.07. The fourth-order valence-electron chi connectivity index (χ4n) is 4.44. The molecule has 1 atom stereocenters. The summed E-state index contributed by atoms with van der Waals surface area (Å²) < 4.78 is 5.90. The third-order valence-electron chi connectivity index (χ3n) is 5.52. The van der Waals surface area contributed by atoms with Crippen molar-refractivity contribution < 1.29 is 4.74 Å². The molecule has 1 aromatic carbocycles. The van der Waals surface area contributed by atoms with Crippen LogP contribution in [0.2, 0.25) is 0 Å². The third kappa shape index (κ3) is 2.36. The molecule has 1 unspecified atom stereocenters. The predicted molar refractivity (Wildman–Crippen MR) is 86.7 cm³/mol. The zero-order chi connectivity index (χ0) is 14.9. The molecule has 3 nitrogen and oxygen atoms in total. The number of hydrogen-bond acceptors (Lipinski definition) is 3. The van der Waals surface area contributed by atoms with Crippen LogP contribution < -0.4 is 10.5 Å². The highest BCUT2D eigenvalue weighted by atomic mass is 16.5. The van der Waals surface area contributed by atoms with Gasteiger partial charge in [-0.3, -0.25) is 4.90 Å². The Bertz CT molecular complexity index is 490. The second kappa shape index (κ2) is 5.98. The molecule has 0 bridgehead atoms. The van der Waals surface area contributed by atoms with Crippen molar-refractivity contribution in [1.82, 2.24) is 4.90 Å². The summed E-state index contributed by atoms with van der Waals surface area (Å²) >= 11 is 0. The summed E-state index contributed by atoms with van der Waals surface area (Å²) in [7, 11) is 0. The van der Waals surface area contributed by atoms with Crippen molar-refractivity contribution in [3.63, 3.8) is 0 Å². The fourth-order valence-corrected chi connectivity index (χ4v) is 4.44. The number of para-hydroxylation sites is 1. The summed E-state index contributed by atoms with van der Waals surface area (Å²) in [6.45, 7) is 7.45. The van der Waals surface area contributed by atoms with E-state index in [-0.39, 0.29) is 11.6 Å². The number of ether oxygens (including phenoxy) is 1. The molecule has 0 amide bonds. The number of benzene rings is 1. The molecule has 1 saturated carbocycles. The van der Waals surface area contributed by atoms with Gasteiger partial charge < -0.3 is 10.5 Å². The average molecular weight is 288 g/mol. The van der Waals surface area contributed by atoms with E-state index in [0.717, 1.165) is 31.9 Å². The molecule has 1 aliphatic heterocycles. The van der Waals surface area contributed by atoms with Crippen molar-refractivity contribution in [3.05, 3.63) is 29.3 Å². The monoisotopic (exact) mass is 288 g/mol. The van der Waals surface area contributed by atoms with Crippen LogP contribution in [0.25, 0.3) is 0 Å². The molecule has 116 valence electrons. The largest absolute Gasteiger partial charge is 0.493 e. The minimum absolute atomic E-state index is 0.0490. The van der Waals surface area contributed by atoms with E-state index in [2.05, 4.69) is 36.9 Å². The molecule has 1 aromatic rings. The van der Waals surface area contributed by atoms with E-state index in [0.29, 0.717) is 0 Å². The minimum Gasteiger partial charge on any atom is -0.493 e. The average Bonchev–Trinajstić information content (AvgIpc) is 3.17. The number of hydrogen-bond donors (Lipinski definition) is 1. The molecule has 2 N–H and O–H groups in total. The van der Waals surface area contributed by atoms with Gasteiger partial charge in [-0.25, -0.2) is 0 Å². The van der Waals surface area contributed by atoms with E-state index in [1.807, 2.05) is 0 Å². The lowest BCUT2D eigenvalue weighted by Crippen LogP contribution is -2.53. The molecular weight excluding hydrogens is 260 g/mol. The van der Waals surface area contributed by atoms with Crippen molar-refractivity contribution in [2.45, 2.75) is 57.5 Å². The standard InChI is InChI=1S/C18H28N2O/c1-3-20(4-2)18(11-5-6-12-18)17(19)15-9-7-8-14-10-13-21-16(14)15/h7-9,17H,3-6,10-13,19H2,1-2H3. The van der Waals surface area contributed by atoms with E-state index in [4.69, 9.17) is 10.5 Å². The molecule has 3 heteroatoms. The molecule has 1 aliphatic carbocycles. The van der Waals surface area contributed by atoms with E-state index >= 15 is 0 Å². The van der Waals surface area contributed by atoms with Gasteiger partial charge in [0.05, 0.1) is 12.6 Å². The van der Waals surface area contributed by atoms with Crippen molar-refractivity contribution in [1.29, 1.82) is 0 Å². The van der Waals surface area contributed by atoms with Gasteiger partial charge in [0.1, 0.15) is 5.75 Å². The first-order valence-corrected chi connectivity index (χ1v) is 8.48. The van der Waals surface area contributed by atoms with Crippen LogP contribution >= 0.6 is 0 Å². The summed E-state index contributed by atoms with van der Waals surface area (Å²) in [5.41, 5.74) is 9.50. The smallest absolute Gasteiger partial charge is 0.127 e. The number of nitrogens with two attached hydrogens (primary N) is 1. The van der Waals surface area contributed by atoms with Crippen molar-refractivity contribution in [3.8, 4) is 5.75 Å². The number of fused-ring (bicyclic) bond motifs is 1. The van der Waals surface area contributed by atoms with Crippen LogP contribution in [0, 0.1) is 0 Å². The normalized spacial score (nSPS) is 21.3. The van der Waals surface area contributed by atoms with Gasteiger partial charge in [-0.15, -0.1) is 0 Å². The van der Waals surface area contributed by atoms with Gasteiger partial charge in [0, 0.05) is 17.5 Å². The maximum Gasteiger partial charge on any atom is 0.127 e. The Hall–Kier alpha value is -1.06. The summed E-state index contributed by atoms with van der Waals surface area (Å²) in [6, 6.07) is 6.55. The molecule has 1 fully saturated rings. The highest BCUT2D eigenvalue weighted by molar-refractivity contribution is 5.46. The van der Waals surface area contributed by atoms with Crippen LogP contribution in [0.4, 0.5) is 0 Å². The summed E-state index contributed by atoms with van der Waals surface area (Å²) in [4.78, 5) is 2.58. The molecule has 1 heterocycles. The molecular formula is C18H28N2O. The van der Waals surface area contributed by atoms with Crippen LogP contribution in [0.1, 0.15) is 56.7 Å². The molecule has 0 aromatic heterocycles. The lowest BCUT2D eigenvalue weighted by molar-refractivity contribution is 0.0761. The van der Waals surface area contributed by atoms with Crippen molar-refractivity contribution in [2.75, 3.05) is 19.7 Å². The van der Waals surface area contributed by atoms with Crippen LogP contribution in [0.15, 0.2) is 18.2 Å². The van der Waals surface area contributed by atoms with Crippen LogP contribution in [0.3, 0.4) is 0 Å². The van der Waals surface area contributed by atoms with Gasteiger partial charge in [0.25, 0.3) is 0 Å². The fraction of sp³-hybridized carbons (Fsp3) is 0.667. The van der Waals surface area contributed by atoms with Crippen LogP contribution in [-0.2, 0) is 6.42 Å². The Morgan fingerprint density at radius 2 is 1.95 bits per heavy atom. The summed E-state index contributed by atoms with van der Waals surface area (Å²) in [6.07, 6.45) is 6.02. The Labute approximate surface area is 128 Å². The van der Waals surface area contributed by atoms with E-state index in [1.54, 1.807) is 0 Å². The number of nitrogens with zero attached hydrogens (tertiary/aromatic N) is 1. The van der Waals surface area contributed by atoms with Crippen LogP contribution in [0.5, 0.6) is 5.75 Å². The maximum absolute atomic E-state index is 6.84. The van der Waals surface area contributed by atoms with Gasteiger partial charge in [-0.1, -0.05) is 44.9 Å². The SMILES string of the molecule is CCN(CC)C1(C(N)c2cccc3c2OCC3)CCCC1. The van der Waals surface area contributed by atoms with Crippen LogP contribution in [-0.4, -0.2) is 30.1 Å². The quantitative estimate of drug-likeness (QED) is 0.903. The van der Waals surface area contributed by atoms with E-state index < -0.39 is 0 Å². The molecule has 2 aliphatic rings. The van der Waals surface area contributed by atoms with Gasteiger partial charge in [0.2, 0.25) is 0 Å². The maximum atomic E-state index is 6.84. The third-order valence-corrected chi connectivity index (χ3v) is 5.52. The number of likely N-dealkylation sites (N-methyl/N-ethyl adjacent to an activating group) is 1. The highest BCUT2D eigenvalue weighted by Gasteiger charge is 2.45. The first-order valence-electron chi connectivity index (χ1n) is 8.48. The Balaban J connectivity index is 1.99. The van der Waals surface area contributed by atoms with Gasteiger partial charge >= 0.3 is 0 Å². The first kappa shape index (κ1) is 14.9. The Morgan fingerprint density at radius 1 is 1.24 bits per heavy atom. The van der Waals surface area contributed by atoms with E-state index in [1.165, 1.54) is 36.8 Å². The van der Waals surface area contributed by atoms with Gasteiger partial charge in [-0.2, -0.15) is 0 Å².